The molecule has 2 aromatic carbocycles. The molecule has 0 saturated heterocycles. The molecule has 0 unspecified atom stereocenters. The van der Waals surface area contributed by atoms with Crippen LogP contribution in [0.2, 0.25) is 0 Å². The molecule has 0 aromatic heterocycles. The fourth-order valence-electron chi connectivity index (χ4n) is 1.69. The maximum Gasteiger partial charge on any atom is 0.339 e. The number of ether oxygens (including phenoxy) is 1. The summed E-state index contributed by atoms with van der Waals surface area (Å²) in [6.07, 6.45) is 0. The number of hydrogen-bond donors (Lipinski definition) is 1. The van der Waals surface area contributed by atoms with Crippen LogP contribution >= 0.6 is 15.9 Å². The van der Waals surface area contributed by atoms with E-state index < -0.39 is 10.1 Å². The lowest BCUT2D eigenvalue weighted by Crippen LogP contribution is -2.11. The average Bonchev–Trinajstić information content (AvgIpc) is 2.49. The van der Waals surface area contributed by atoms with Crippen LogP contribution in [0.25, 0.3) is 0 Å². The lowest BCUT2D eigenvalue weighted by molar-refractivity contribution is 0.280. The second kappa shape index (κ2) is 6.46. The Hall–Kier alpha value is -1.57. The Morgan fingerprint density at radius 1 is 1.19 bits per heavy atom. The summed E-state index contributed by atoms with van der Waals surface area (Å²) in [6.45, 7) is -0.194. The average molecular weight is 373 g/mol. The van der Waals surface area contributed by atoms with Gasteiger partial charge in [0.05, 0.1) is 18.2 Å². The number of rotatable bonds is 5. The van der Waals surface area contributed by atoms with Gasteiger partial charge in [0.2, 0.25) is 0 Å². The highest BCUT2D eigenvalue weighted by Gasteiger charge is 2.21. The van der Waals surface area contributed by atoms with Crippen LogP contribution in [0.4, 0.5) is 0 Å². The summed E-state index contributed by atoms with van der Waals surface area (Å²) in [4.78, 5) is 0.0465. The third-order valence-corrected chi connectivity index (χ3v) is 4.52. The molecule has 112 valence electrons. The first kappa shape index (κ1) is 15.8. The molecule has 2 aromatic rings. The Morgan fingerprint density at radius 3 is 2.43 bits per heavy atom. The van der Waals surface area contributed by atoms with Crippen molar-refractivity contribution in [3.8, 4) is 11.5 Å². The number of halogens is 1. The number of aliphatic hydroxyl groups excluding tert-OH is 1. The summed E-state index contributed by atoms with van der Waals surface area (Å²) in [5.74, 6) is 0.256. The molecular formula is C14H13BrO5S. The van der Waals surface area contributed by atoms with Gasteiger partial charge < -0.3 is 14.0 Å². The summed E-state index contributed by atoms with van der Waals surface area (Å²) in [7, 11) is -2.57. The molecule has 0 atom stereocenters. The standard InChI is InChI=1S/C14H13BrO5S/c1-19-13-8-10(9-16)7-12(15)14(13)20-21(17,18)11-5-3-2-4-6-11/h2-8,16H,9H2,1H3. The fourth-order valence-corrected chi connectivity index (χ4v) is 3.35. The van der Waals surface area contributed by atoms with E-state index in [-0.39, 0.29) is 23.0 Å². The predicted octanol–water partition coefficient (Wildman–Crippen LogP) is 2.72. The van der Waals surface area contributed by atoms with E-state index in [1.165, 1.54) is 25.3 Å². The van der Waals surface area contributed by atoms with E-state index in [4.69, 9.17) is 14.0 Å². The van der Waals surface area contributed by atoms with Crippen LogP contribution in [-0.2, 0) is 16.7 Å². The normalized spacial score (nSPS) is 11.2. The van der Waals surface area contributed by atoms with Crippen molar-refractivity contribution in [3.05, 3.63) is 52.5 Å². The third-order valence-electron chi connectivity index (χ3n) is 2.70. The summed E-state index contributed by atoms with van der Waals surface area (Å²) >= 11 is 3.22. The van der Waals surface area contributed by atoms with Gasteiger partial charge in [0, 0.05) is 0 Å². The molecule has 7 heteroatoms. The van der Waals surface area contributed by atoms with E-state index in [1.807, 2.05) is 0 Å². The van der Waals surface area contributed by atoms with Crippen molar-refractivity contribution in [1.82, 2.24) is 0 Å². The van der Waals surface area contributed by atoms with E-state index in [9.17, 15) is 8.42 Å². The number of hydrogen-bond acceptors (Lipinski definition) is 5. The van der Waals surface area contributed by atoms with Gasteiger partial charge in [-0.15, -0.1) is 0 Å². The second-order valence-corrected chi connectivity index (χ2v) is 6.52. The molecule has 0 fully saturated rings. The highest BCUT2D eigenvalue weighted by Crippen LogP contribution is 2.38. The third kappa shape index (κ3) is 3.55. The molecule has 0 aliphatic heterocycles. The molecule has 0 bridgehead atoms. The molecule has 0 spiro atoms. The van der Waals surface area contributed by atoms with Crippen LogP contribution in [-0.4, -0.2) is 20.6 Å². The van der Waals surface area contributed by atoms with Gasteiger partial charge in [-0.1, -0.05) is 18.2 Å². The smallest absolute Gasteiger partial charge is 0.339 e. The SMILES string of the molecule is COc1cc(CO)cc(Br)c1OS(=O)(=O)c1ccccc1. The maximum atomic E-state index is 12.2. The van der Waals surface area contributed by atoms with Gasteiger partial charge in [0.15, 0.2) is 11.5 Å². The Morgan fingerprint density at radius 2 is 1.86 bits per heavy atom. The minimum atomic E-state index is -3.96. The summed E-state index contributed by atoms with van der Waals surface area (Å²) in [6, 6.07) is 10.9. The number of aliphatic hydroxyl groups is 1. The number of benzene rings is 2. The highest BCUT2D eigenvalue weighted by atomic mass is 79.9. The van der Waals surface area contributed by atoms with E-state index in [2.05, 4.69) is 15.9 Å². The topological polar surface area (TPSA) is 72.8 Å². The molecule has 2 rings (SSSR count). The van der Waals surface area contributed by atoms with Crippen molar-refractivity contribution in [2.24, 2.45) is 0 Å². The molecular weight excluding hydrogens is 360 g/mol. The van der Waals surface area contributed by atoms with Gasteiger partial charge in [0.1, 0.15) is 4.90 Å². The lowest BCUT2D eigenvalue weighted by Gasteiger charge is -2.13. The molecule has 5 nitrogen and oxygen atoms in total. The molecule has 0 amide bonds. The molecule has 0 aliphatic rings. The first-order valence-corrected chi connectivity index (χ1v) is 8.15. The van der Waals surface area contributed by atoms with Gasteiger partial charge in [-0.3, -0.25) is 0 Å². The molecule has 0 heterocycles. The second-order valence-electron chi connectivity index (χ2n) is 4.12. The van der Waals surface area contributed by atoms with Crippen molar-refractivity contribution in [2.45, 2.75) is 11.5 Å². The minimum absolute atomic E-state index is 0.0403. The quantitative estimate of drug-likeness (QED) is 0.816. The predicted molar refractivity (Wildman–Crippen MR) is 80.9 cm³/mol. The van der Waals surface area contributed by atoms with Gasteiger partial charge in [-0.05, 0) is 45.8 Å². The largest absolute Gasteiger partial charge is 0.493 e. The molecule has 0 radical (unpaired) electrons. The van der Waals surface area contributed by atoms with Crippen LogP contribution in [0.1, 0.15) is 5.56 Å². The summed E-state index contributed by atoms with van der Waals surface area (Å²) in [5.41, 5.74) is 0.572. The first-order valence-electron chi connectivity index (χ1n) is 5.94. The minimum Gasteiger partial charge on any atom is -0.493 e. The van der Waals surface area contributed by atoms with Crippen LogP contribution in [0, 0.1) is 0 Å². The van der Waals surface area contributed by atoms with Gasteiger partial charge in [-0.25, -0.2) is 0 Å². The summed E-state index contributed by atoms with van der Waals surface area (Å²) < 4.78 is 35.1. The van der Waals surface area contributed by atoms with Gasteiger partial charge >= 0.3 is 10.1 Å². The van der Waals surface area contributed by atoms with Crippen molar-refractivity contribution < 1.29 is 22.4 Å². The zero-order valence-electron chi connectivity index (χ0n) is 11.1. The molecule has 1 N–H and O–H groups in total. The highest BCUT2D eigenvalue weighted by molar-refractivity contribution is 9.10. The Kier molecular flexibility index (Phi) is 4.87. The van der Waals surface area contributed by atoms with Crippen molar-refractivity contribution >= 4 is 26.0 Å². The van der Waals surface area contributed by atoms with Crippen molar-refractivity contribution in [1.29, 1.82) is 0 Å². The van der Waals surface area contributed by atoms with Gasteiger partial charge in [0.25, 0.3) is 0 Å². The fraction of sp³-hybridized carbons (Fsp3) is 0.143. The van der Waals surface area contributed by atoms with Crippen LogP contribution in [0.5, 0.6) is 11.5 Å². The zero-order chi connectivity index (χ0) is 15.5. The Balaban J connectivity index is 2.44. The maximum absolute atomic E-state index is 12.2. The Bertz CT molecular complexity index is 729. The van der Waals surface area contributed by atoms with E-state index in [0.717, 1.165) is 0 Å². The van der Waals surface area contributed by atoms with Crippen LogP contribution < -0.4 is 8.92 Å². The monoisotopic (exact) mass is 372 g/mol. The first-order chi connectivity index (χ1) is 9.97. The van der Waals surface area contributed by atoms with E-state index >= 15 is 0 Å². The van der Waals surface area contributed by atoms with E-state index in [1.54, 1.807) is 24.3 Å². The van der Waals surface area contributed by atoms with Gasteiger partial charge in [-0.2, -0.15) is 8.42 Å². The zero-order valence-corrected chi connectivity index (χ0v) is 13.5. The Labute approximate surface area is 131 Å². The van der Waals surface area contributed by atoms with Crippen LogP contribution in [0.3, 0.4) is 0 Å². The summed E-state index contributed by atoms with van der Waals surface area (Å²) in [5, 5.41) is 9.15. The van der Waals surface area contributed by atoms with E-state index in [0.29, 0.717) is 10.0 Å². The lowest BCUT2D eigenvalue weighted by atomic mass is 10.2. The van der Waals surface area contributed by atoms with Crippen molar-refractivity contribution in [2.75, 3.05) is 7.11 Å². The molecule has 0 saturated carbocycles. The van der Waals surface area contributed by atoms with Crippen LogP contribution in [0.15, 0.2) is 51.8 Å². The molecule has 21 heavy (non-hydrogen) atoms. The number of methoxy groups -OCH3 is 1. The van der Waals surface area contributed by atoms with Crippen molar-refractivity contribution in [3.63, 3.8) is 0 Å². The molecule has 0 aliphatic carbocycles.